The first-order valence-electron chi connectivity index (χ1n) is 5.43. The van der Waals surface area contributed by atoms with E-state index in [4.69, 9.17) is 0 Å². The molecule has 0 aliphatic heterocycles. The van der Waals surface area contributed by atoms with Crippen LogP contribution >= 0.6 is 0 Å². The maximum atomic E-state index is 2.54. The van der Waals surface area contributed by atoms with Crippen LogP contribution in [0.4, 0.5) is 0 Å². The van der Waals surface area contributed by atoms with E-state index in [1.54, 1.807) is 7.76 Å². The summed E-state index contributed by atoms with van der Waals surface area (Å²) in [7, 11) is 0. The molecule has 0 radical (unpaired) electrons. The van der Waals surface area contributed by atoms with Gasteiger partial charge in [-0.2, -0.15) is 0 Å². The van der Waals surface area contributed by atoms with Crippen molar-refractivity contribution in [1.29, 1.82) is 0 Å². The molecule has 0 N–H and O–H groups in total. The molecule has 0 saturated heterocycles. The van der Waals surface area contributed by atoms with Gasteiger partial charge in [-0.1, -0.05) is 0 Å². The van der Waals surface area contributed by atoms with Crippen LogP contribution in [0.5, 0.6) is 0 Å². The Bertz CT molecular complexity index is 336. The van der Waals surface area contributed by atoms with Gasteiger partial charge in [-0.25, -0.2) is 0 Å². The SMILES string of the molecule is [CH3][Ti]([CH3])([CH3])([C]1=CC=CC1)[C]1=CC=CC1. The third-order valence-corrected chi connectivity index (χ3v) is 12.0. The Kier molecular flexibility index (Phi) is 2.25. The van der Waals surface area contributed by atoms with Gasteiger partial charge in [-0.15, -0.1) is 0 Å². The standard InChI is InChI=1S/2C5H5.3CH3.Ti/c2*1-2-4-5-3-1;;;;/h2*1-3H,4H2;3*1H3;. The molecular formula is C13H19Ti. The second-order valence-electron chi connectivity index (χ2n) is 5.77. The van der Waals surface area contributed by atoms with Gasteiger partial charge in [0.2, 0.25) is 0 Å². The van der Waals surface area contributed by atoms with Crippen LogP contribution in [-0.2, 0) is 15.3 Å². The second-order valence-corrected chi connectivity index (χ2v) is 17.5. The first-order valence-corrected chi connectivity index (χ1v) is 11.7. The van der Waals surface area contributed by atoms with Crippen LogP contribution in [0.1, 0.15) is 12.8 Å². The van der Waals surface area contributed by atoms with Crippen LogP contribution in [0.2, 0.25) is 15.7 Å². The molecule has 1 heteroatoms. The van der Waals surface area contributed by atoms with Crippen molar-refractivity contribution < 1.29 is 15.3 Å². The van der Waals surface area contributed by atoms with Crippen molar-refractivity contribution in [1.82, 2.24) is 0 Å². The number of hydrogen-bond donors (Lipinski definition) is 0. The van der Waals surface area contributed by atoms with Gasteiger partial charge in [0.1, 0.15) is 0 Å². The Hall–Kier alpha value is -0.326. The summed E-state index contributed by atoms with van der Waals surface area (Å²) in [6.45, 7) is 0. The summed E-state index contributed by atoms with van der Waals surface area (Å²) in [6, 6.07) is 0. The van der Waals surface area contributed by atoms with Gasteiger partial charge >= 0.3 is 88.0 Å². The topological polar surface area (TPSA) is 0 Å². The molecule has 0 fully saturated rings. The average molecular weight is 223 g/mol. The minimum atomic E-state index is -2.43. The summed E-state index contributed by atoms with van der Waals surface area (Å²) in [5.41, 5.74) is 0. The van der Waals surface area contributed by atoms with E-state index in [2.05, 4.69) is 52.1 Å². The van der Waals surface area contributed by atoms with E-state index in [1.165, 1.54) is 12.8 Å². The number of hydrogen-bond acceptors (Lipinski definition) is 0. The van der Waals surface area contributed by atoms with Gasteiger partial charge in [0.15, 0.2) is 0 Å². The van der Waals surface area contributed by atoms with Crippen molar-refractivity contribution in [3.63, 3.8) is 0 Å². The first kappa shape index (κ1) is 10.2. The number of rotatable bonds is 2. The second kappa shape index (κ2) is 3.08. The molecule has 0 spiro atoms. The molecular weight excluding hydrogens is 204 g/mol. The molecule has 0 aromatic rings. The first-order chi connectivity index (χ1) is 6.49. The zero-order valence-corrected chi connectivity index (χ0v) is 10.9. The molecule has 0 saturated carbocycles. The third-order valence-electron chi connectivity index (χ3n) is 3.79. The predicted molar refractivity (Wildman–Crippen MR) is 61.3 cm³/mol. The van der Waals surface area contributed by atoms with Crippen LogP contribution in [0.3, 0.4) is 0 Å². The summed E-state index contributed by atoms with van der Waals surface area (Å²) in [4.78, 5) is 0. The molecule has 0 nitrogen and oxygen atoms in total. The van der Waals surface area contributed by atoms with Crippen LogP contribution < -0.4 is 0 Å². The van der Waals surface area contributed by atoms with E-state index in [-0.39, 0.29) is 0 Å². The number of allylic oxidation sites excluding steroid dienone is 8. The third kappa shape index (κ3) is 1.51. The Balaban J connectivity index is 2.36. The van der Waals surface area contributed by atoms with Crippen molar-refractivity contribution in [3.05, 3.63) is 44.2 Å². The van der Waals surface area contributed by atoms with Crippen LogP contribution in [-0.4, -0.2) is 0 Å². The van der Waals surface area contributed by atoms with Crippen molar-refractivity contribution in [3.8, 4) is 0 Å². The fourth-order valence-electron chi connectivity index (χ4n) is 2.40. The van der Waals surface area contributed by atoms with Gasteiger partial charge in [0.05, 0.1) is 0 Å². The van der Waals surface area contributed by atoms with Crippen molar-refractivity contribution in [2.24, 2.45) is 0 Å². The Morgan fingerprint density at radius 1 is 0.857 bits per heavy atom. The van der Waals surface area contributed by atoms with E-state index in [0.29, 0.717) is 0 Å². The molecule has 0 aromatic heterocycles. The minimum absolute atomic E-state index is 1.19. The van der Waals surface area contributed by atoms with Crippen LogP contribution in [0, 0.1) is 0 Å². The Morgan fingerprint density at radius 3 is 1.57 bits per heavy atom. The Labute approximate surface area is 88.0 Å². The van der Waals surface area contributed by atoms with Gasteiger partial charge in [0, 0.05) is 0 Å². The van der Waals surface area contributed by atoms with E-state index in [0.717, 1.165) is 0 Å². The van der Waals surface area contributed by atoms with Crippen LogP contribution in [0.15, 0.2) is 44.2 Å². The normalized spacial score (nSPS) is 23.2. The van der Waals surface area contributed by atoms with Gasteiger partial charge in [-0.3, -0.25) is 0 Å². The molecule has 0 aromatic carbocycles. The zero-order valence-electron chi connectivity index (χ0n) is 9.38. The maximum absolute atomic E-state index is 2.54. The van der Waals surface area contributed by atoms with Crippen molar-refractivity contribution in [2.75, 3.05) is 0 Å². The monoisotopic (exact) mass is 223 g/mol. The zero-order chi connectivity index (χ0) is 10.3. The van der Waals surface area contributed by atoms with E-state index >= 15 is 0 Å². The molecule has 2 rings (SSSR count). The van der Waals surface area contributed by atoms with E-state index < -0.39 is 15.3 Å². The quantitative estimate of drug-likeness (QED) is 0.604. The molecule has 75 valence electrons. The summed E-state index contributed by atoms with van der Waals surface area (Å²) < 4.78 is 3.44. The molecule has 0 amide bonds. The van der Waals surface area contributed by atoms with Crippen LogP contribution in [0.25, 0.3) is 0 Å². The summed E-state index contributed by atoms with van der Waals surface area (Å²) >= 11 is -2.43. The van der Waals surface area contributed by atoms with Crippen molar-refractivity contribution >= 4 is 0 Å². The van der Waals surface area contributed by atoms with E-state index in [1.807, 2.05) is 0 Å². The average Bonchev–Trinajstić information content (AvgIpc) is 2.78. The molecule has 0 unspecified atom stereocenters. The summed E-state index contributed by atoms with van der Waals surface area (Å²) in [5, 5.41) is 7.61. The molecule has 0 bridgehead atoms. The molecule has 2 aliphatic rings. The van der Waals surface area contributed by atoms with Gasteiger partial charge < -0.3 is 0 Å². The molecule has 0 heterocycles. The van der Waals surface area contributed by atoms with E-state index in [9.17, 15) is 0 Å². The summed E-state index contributed by atoms with van der Waals surface area (Å²) in [5.74, 6) is 0. The fourth-order valence-corrected chi connectivity index (χ4v) is 7.76. The molecule has 0 atom stereocenters. The molecule has 14 heavy (non-hydrogen) atoms. The Morgan fingerprint density at radius 2 is 1.29 bits per heavy atom. The fraction of sp³-hybridized carbons (Fsp3) is 0.385. The van der Waals surface area contributed by atoms with Crippen molar-refractivity contribution in [2.45, 2.75) is 28.5 Å². The summed E-state index contributed by atoms with van der Waals surface area (Å²) in [6.07, 6.45) is 16.1. The predicted octanol–water partition coefficient (Wildman–Crippen LogP) is 4.51. The van der Waals surface area contributed by atoms with Gasteiger partial charge in [-0.05, 0) is 0 Å². The van der Waals surface area contributed by atoms with Gasteiger partial charge in [0.25, 0.3) is 0 Å². The molecule has 2 aliphatic carbocycles.